The fourth-order valence-electron chi connectivity index (χ4n) is 3.37. The number of fused-ring (bicyclic) bond motifs is 1. The van der Waals surface area contributed by atoms with Crippen molar-refractivity contribution < 1.29 is 19.0 Å². The molecule has 6 heteroatoms. The first-order chi connectivity index (χ1) is 15.1. The quantitative estimate of drug-likeness (QED) is 0.471. The van der Waals surface area contributed by atoms with E-state index in [2.05, 4.69) is 5.32 Å². The van der Waals surface area contributed by atoms with Gasteiger partial charge in [0.1, 0.15) is 17.2 Å². The lowest BCUT2D eigenvalue weighted by molar-refractivity contribution is 0.102. The van der Waals surface area contributed by atoms with Gasteiger partial charge in [0.25, 0.3) is 5.91 Å². The van der Waals surface area contributed by atoms with E-state index < -0.39 is 0 Å². The molecule has 0 atom stereocenters. The number of benzene rings is 3. The van der Waals surface area contributed by atoms with Gasteiger partial charge in [-0.2, -0.15) is 0 Å². The van der Waals surface area contributed by atoms with E-state index in [-0.39, 0.29) is 5.91 Å². The number of amides is 1. The zero-order chi connectivity index (χ0) is 21.8. The number of hydrogen-bond acceptors (Lipinski definition) is 5. The number of methoxy groups -OCH3 is 3. The molecule has 156 valence electrons. The Kier molecular flexibility index (Phi) is 5.71. The van der Waals surface area contributed by atoms with Gasteiger partial charge in [0.15, 0.2) is 0 Å². The Morgan fingerprint density at radius 2 is 1.52 bits per heavy atom. The van der Waals surface area contributed by atoms with Crippen molar-refractivity contribution in [1.29, 1.82) is 0 Å². The second-order valence-electron chi connectivity index (χ2n) is 6.82. The van der Waals surface area contributed by atoms with Crippen molar-refractivity contribution in [3.05, 3.63) is 78.4 Å². The van der Waals surface area contributed by atoms with Gasteiger partial charge in [-0.05, 0) is 48.5 Å². The molecule has 1 N–H and O–H groups in total. The van der Waals surface area contributed by atoms with Crippen molar-refractivity contribution in [2.75, 3.05) is 26.6 Å². The van der Waals surface area contributed by atoms with Crippen molar-refractivity contribution in [2.24, 2.45) is 0 Å². The Labute approximate surface area is 180 Å². The highest BCUT2D eigenvalue weighted by Gasteiger charge is 2.16. The maximum absolute atomic E-state index is 13.3. The summed E-state index contributed by atoms with van der Waals surface area (Å²) >= 11 is 0. The SMILES string of the molecule is COc1ccc(-c2cc(C(=O)Nc3cc(OC)ccc3OC)c3ccccc3n2)cc1. The summed E-state index contributed by atoms with van der Waals surface area (Å²) in [4.78, 5) is 18.1. The molecule has 0 aliphatic rings. The summed E-state index contributed by atoms with van der Waals surface area (Å²) in [5, 5.41) is 3.71. The summed E-state index contributed by atoms with van der Waals surface area (Å²) in [6.45, 7) is 0. The molecule has 3 aromatic carbocycles. The van der Waals surface area contributed by atoms with Crippen LogP contribution in [0.5, 0.6) is 17.2 Å². The number of anilines is 1. The first kappa shape index (κ1) is 20.2. The van der Waals surface area contributed by atoms with E-state index in [0.29, 0.717) is 28.4 Å². The number of hydrogen-bond donors (Lipinski definition) is 1. The minimum atomic E-state index is -0.264. The first-order valence-corrected chi connectivity index (χ1v) is 9.70. The predicted octanol–water partition coefficient (Wildman–Crippen LogP) is 5.18. The number of rotatable bonds is 6. The average molecular weight is 414 g/mol. The number of nitrogens with zero attached hydrogens (tertiary/aromatic N) is 1. The molecule has 0 saturated heterocycles. The highest BCUT2D eigenvalue weighted by atomic mass is 16.5. The predicted molar refractivity (Wildman–Crippen MR) is 121 cm³/mol. The summed E-state index contributed by atoms with van der Waals surface area (Å²) in [6.07, 6.45) is 0. The van der Waals surface area contributed by atoms with E-state index in [1.54, 1.807) is 45.6 Å². The molecule has 0 aliphatic carbocycles. The molecule has 1 amide bonds. The van der Waals surface area contributed by atoms with Crippen LogP contribution in [-0.2, 0) is 0 Å². The van der Waals surface area contributed by atoms with E-state index in [1.807, 2.05) is 48.5 Å². The number of para-hydroxylation sites is 1. The summed E-state index contributed by atoms with van der Waals surface area (Å²) in [7, 11) is 4.75. The van der Waals surface area contributed by atoms with Gasteiger partial charge in [-0.25, -0.2) is 4.98 Å². The maximum atomic E-state index is 13.3. The largest absolute Gasteiger partial charge is 0.497 e. The Hall–Kier alpha value is -4.06. The van der Waals surface area contributed by atoms with Gasteiger partial charge in [0.05, 0.1) is 43.8 Å². The zero-order valence-corrected chi connectivity index (χ0v) is 17.5. The summed E-state index contributed by atoms with van der Waals surface area (Å²) < 4.78 is 15.9. The molecule has 1 aromatic heterocycles. The smallest absolute Gasteiger partial charge is 0.256 e. The highest BCUT2D eigenvalue weighted by Crippen LogP contribution is 2.31. The lowest BCUT2D eigenvalue weighted by Crippen LogP contribution is -2.14. The molecule has 0 unspecified atom stereocenters. The number of nitrogens with one attached hydrogen (secondary N) is 1. The summed E-state index contributed by atoms with van der Waals surface area (Å²) in [5.41, 5.74) is 3.36. The van der Waals surface area contributed by atoms with Crippen LogP contribution in [0.25, 0.3) is 22.2 Å². The van der Waals surface area contributed by atoms with Crippen LogP contribution in [0.1, 0.15) is 10.4 Å². The molecular formula is C25H22N2O4. The van der Waals surface area contributed by atoms with E-state index in [1.165, 1.54) is 0 Å². The van der Waals surface area contributed by atoms with Crippen molar-refractivity contribution in [3.8, 4) is 28.5 Å². The van der Waals surface area contributed by atoms with Gasteiger partial charge in [-0.1, -0.05) is 18.2 Å². The third-order valence-corrected chi connectivity index (χ3v) is 5.00. The maximum Gasteiger partial charge on any atom is 0.256 e. The fraction of sp³-hybridized carbons (Fsp3) is 0.120. The Morgan fingerprint density at radius 3 is 2.23 bits per heavy atom. The molecule has 1 heterocycles. The highest BCUT2D eigenvalue weighted by molar-refractivity contribution is 6.13. The van der Waals surface area contributed by atoms with Crippen molar-refractivity contribution in [1.82, 2.24) is 4.98 Å². The van der Waals surface area contributed by atoms with Gasteiger partial charge in [0.2, 0.25) is 0 Å². The van der Waals surface area contributed by atoms with Crippen LogP contribution in [0.4, 0.5) is 5.69 Å². The van der Waals surface area contributed by atoms with Crippen LogP contribution < -0.4 is 19.5 Å². The minimum absolute atomic E-state index is 0.264. The third kappa shape index (κ3) is 4.14. The van der Waals surface area contributed by atoms with Gasteiger partial charge in [-0.3, -0.25) is 4.79 Å². The van der Waals surface area contributed by atoms with Crippen molar-refractivity contribution in [2.45, 2.75) is 0 Å². The van der Waals surface area contributed by atoms with Gasteiger partial charge in [-0.15, -0.1) is 0 Å². The van der Waals surface area contributed by atoms with Crippen LogP contribution >= 0.6 is 0 Å². The molecule has 4 aromatic rings. The molecule has 0 bridgehead atoms. The van der Waals surface area contributed by atoms with Crippen LogP contribution in [0, 0.1) is 0 Å². The number of carbonyl (C=O) groups excluding carboxylic acids is 1. The monoisotopic (exact) mass is 414 g/mol. The normalized spacial score (nSPS) is 10.5. The van der Waals surface area contributed by atoms with Crippen LogP contribution in [0.3, 0.4) is 0 Å². The van der Waals surface area contributed by atoms with E-state index in [0.717, 1.165) is 22.2 Å². The first-order valence-electron chi connectivity index (χ1n) is 9.70. The van der Waals surface area contributed by atoms with Crippen molar-refractivity contribution >= 4 is 22.5 Å². The summed E-state index contributed by atoms with van der Waals surface area (Å²) in [6, 6.07) is 22.2. The van der Waals surface area contributed by atoms with Gasteiger partial charge < -0.3 is 19.5 Å². The molecule has 0 saturated carbocycles. The number of carbonyl (C=O) groups is 1. The molecular weight excluding hydrogens is 392 g/mol. The molecule has 0 fully saturated rings. The Bertz CT molecular complexity index is 1240. The van der Waals surface area contributed by atoms with E-state index in [9.17, 15) is 4.79 Å². The van der Waals surface area contributed by atoms with E-state index in [4.69, 9.17) is 19.2 Å². The molecule has 0 radical (unpaired) electrons. The lowest BCUT2D eigenvalue weighted by Gasteiger charge is -2.14. The Morgan fingerprint density at radius 1 is 0.806 bits per heavy atom. The Balaban J connectivity index is 1.78. The van der Waals surface area contributed by atoms with Crippen LogP contribution in [-0.4, -0.2) is 32.2 Å². The van der Waals surface area contributed by atoms with E-state index >= 15 is 0 Å². The molecule has 4 rings (SSSR count). The summed E-state index contributed by atoms with van der Waals surface area (Å²) in [5.74, 6) is 1.66. The van der Waals surface area contributed by atoms with Crippen LogP contribution in [0.2, 0.25) is 0 Å². The van der Waals surface area contributed by atoms with Crippen LogP contribution in [0.15, 0.2) is 72.8 Å². The second-order valence-corrected chi connectivity index (χ2v) is 6.82. The fourth-order valence-corrected chi connectivity index (χ4v) is 3.37. The number of aromatic nitrogens is 1. The molecule has 31 heavy (non-hydrogen) atoms. The van der Waals surface area contributed by atoms with Gasteiger partial charge in [0, 0.05) is 17.0 Å². The number of pyridine rings is 1. The minimum Gasteiger partial charge on any atom is -0.497 e. The zero-order valence-electron chi connectivity index (χ0n) is 17.5. The third-order valence-electron chi connectivity index (χ3n) is 5.00. The average Bonchev–Trinajstić information content (AvgIpc) is 2.83. The second kappa shape index (κ2) is 8.75. The standard InChI is InChI=1S/C25H22N2O4/c1-29-17-10-8-16(9-11-17)22-15-20(19-6-4-5-7-21(19)26-22)25(28)27-23-14-18(30-2)12-13-24(23)31-3/h4-15H,1-3H3,(H,27,28). The molecule has 0 aliphatic heterocycles. The lowest BCUT2D eigenvalue weighted by atomic mass is 10.0. The topological polar surface area (TPSA) is 69.7 Å². The molecule has 6 nitrogen and oxygen atoms in total. The number of ether oxygens (including phenoxy) is 3. The van der Waals surface area contributed by atoms with Crippen molar-refractivity contribution in [3.63, 3.8) is 0 Å². The van der Waals surface area contributed by atoms with Gasteiger partial charge >= 0.3 is 0 Å². The molecule has 0 spiro atoms.